The van der Waals surface area contributed by atoms with E-state index in [1.807, 2.05) is 20.0 Å². The van der Waals surface area contributed by atoms with Crippen LogP contribution in [0.25, 0.3) is 0 Å². The number of aliphatic carboxylic acids is 1. The SMILES string of the molecule is COc1c(C)cnc(CC2CCC(C(=O)O)N2)c1C. The zero-order chi connectivity index (χ0) is 14.0. The van der Waals surface area contributed by atoms with Gasteiger partial charge in [0, 0.05) is 35.5 Å². The highest BCUT2D eigenvalue weighted by Crippen LogP contribution is 2.26. The number of nitrogens with one attached hydrogen (secondary N) is 1. The Balaban J connectivity index is 2.10. The molecule has 2 N–H and O–H groups in total. The Morgan fingerprint density at radius 2 is 2.26 bits per heavy atom. The summed E-state index contributed by atoms with van der Waals surface area (Å²) < 4.78 is 5.39. The van der Waals surface area contributed by atoms with Gasteiger partial charge in [0.05, 0.1) is 7.11 Å². The quantitative estimate of drug-likeness (QED) is 0.861. The second-order valence-electron chi connectivity index (χ2n) is 5.08. The topological polar surface area (TPSA) is 71.5 Å². The van der Waals surface area contributed by atoms with Crippen molar-refractivity contribution < 1.29 is 14.6 Å². The molecule has 1 aliphatic heterocycles. The normalized spacial score (nSPS) is 22.5. The van der Waals surface area contributed by atoms with Crippen LogP contribution < -0.4 is 10.1 Å². The van der Waals surface area contributed by atoms with Crippen LogP contribution in [0.3, 0.4) is 0 Å². The minimum Gasteiger partial charge on any atom is -0.496 e. The first kappa shape index (κ1) is 13.8. The van der Waals surface area contributed by atoms with Crippen molar-refractivity contribution in [3.63, 3.8) is 0 Å². The van der Waals surface area contributed by atoms with Crippen molar-refractivity contribution in [3.8, 4) is 5.75 Å². The summed E-state index contributed by atoms with van der Waals surface area (Å²) in [6.45, 7) is 3.97. The molecule has 1 aliphatic rings. The highest BCUT2D eigenvalue weighted by Gasteiger charge is 2.29. The Morgan fingerprint density at radius 1 is 1.53 bits per heavy atom. The molecule has 2 atom stereocenters. The first-order valence-corrected chi connectivity index (χ1v) is 6.50. The van der Waals surface area contributed by atoms with Gasteiger partial charge in [0.25, 0.3) is 0 Å². The van der Waals surface area contributed by atoms with Crippen LogP contribution >= 0.6 is 0 Å². The van der Waals surface area contributed by atoms with Crippen LogP contribution in [0.2, 0.25) is 0 Å². The largest absolute Gasteiger partial charge is 0.496 e. The number of hydrogen-bond donors (Lipinski definition) is 2. The summed E-state index contributed by atoms with van der Waals surface area (Å²) >= 11 is 0. The van der Waals surface area contributed by atoms with Crippen molar-refractivity contribution >= 4 is 5.97 Å². The molecule has 1 fully saturated rings. The smallest absolute Gasteiger partial charge is 0.320 e. The van der Waals surface area contributed by atoms with Crippen LogP contribution in [-0.2, 0) is 11.2 Å². The molecule has 1 aromatic rings. The summed E-state index contributed by atoms with van der Waals surface area (Å²) in [6.07, 6.45) is 4.10. The van der Waals surface area contributed by atoms with Crippen LogP contribution in [0.1, 0.15) is 29.7 Å². The molecular formula is C14H20N2O3. The molecule has 104 valence electrons. The molecular weight excluding hydrogens is 244 g/mol. The van der Waals surface area contributed by atoms with Crippen molar-refractivity contribution in [1.82, 2.24) is 10.3 Å². The van der Waals surface area contributed by atoms with Gasteiger partial charge < -0.3 is 15.2 Å². The second kappa shape index (κ2) is 5.57. The first-order chi connectivity index (χ1) is 9.02. The molecule has 0 amide bonds. The van der Waals surface area contributed by atoms with Crippen LogP contribution in [0.15, 0.2) is 6.20 Å². The highest BCUT2D eigenvalue weighted by atomic mass is 16.5. The predicted octanol–water partition coefficient (Wildman–Crippen LogP) is 1.45. The fourth-order valence-corrected chi connectivity index (χ4v) is 2.69. The van der Waals surface area contributed by atoms with Gasteiger partial charge in [0.2, 0.25) is 0 Å². The molecule has 0 bridgehead atoms. The Bertz CT molecular complexity index is 488. The van der Waals surface area contributed by atoms with E-state index in [0.29, 0.717) is 6.42 Å². The van der Waals surface area contributed by atoms with Crippen molar-refractivity contribution in [1.29, 1.82) is 0 Å². The van der Waals surface area contributed by atoms with Crippen molar-refractivity contribution in [2.45, 2.75) is 45.2 Å². The number of nitrogens with zero attached hydrogens (tertiary/aromatic N) is 1. The number of aryl methyl sites for hydroxylation is 1. The number of carboxylic acids is 1. The molecule has 5 heteroatoms. The fraction of sp³-hybridized carbons (Fsp3) is 0.571. The number of hydrogen-bond acceptors (Lipinski definition) is 4. The summed E-state index contributed by atoms with van der Waals surface area (Å²) in [4.78, 5) is 15.4. The Labute approximate surface area is 113 Å². The summed E-state index contributed by atoms with van der Waals surface area (Å²) in [5.74, 6) is 0.103. The number of carbonyl (C=O) groups is 1. The zero-order valence-electron chi connectivity index (χ0n) is 11.6. The lowest BCUT2D eigenvalue weighted by atomic mass is 10.0. The molecule has 1 saturated heterocycles. The van der Waals surface area contributed by atoms with Crippen LogP contribution in [0.5, 0.6) is 5.75 Å². The minimum atomic E-state index is -0.770. The standard InChI is InChI=1S/C14H20N2O3/c1-8-7-15-12(9(2)13(8)19-3)6-10-4-5-11(16-10)14(17)18/h7,10-11,16H,4-6H2,1-3H3,(H,17,18). The van der Waals surface area contributed by atoms with Crippen LogP contribution in [-0.4, -0.2) is 35.3 Å². The molecule has 1 aromatic heterocycles. The molecule has 2 heterocycles. The van der Waals surface area contributed by atoms with Gasteiger partial charge in [0.1, 0.15) is 11.8 Å². The van der Waals surface area contributed by atoms with E-state index in [1.54, 1.807) is 7.11 Å². The third-order valence-electron chi connectivity index (χ3n) is 3.73. The third kappa shape index (κ3) is 2.87. The van der Waals surface area contributed by atoms with Gasteiger partial charge in [-0.15, -0.1) is 0 Å². The minimum absolute atomic E-state index is 0.180. The lowest BCUT2D eigenvalue weighted by Crippen LogP contribution is -2.36. The number of aromatic nitrogens is 1. The van der Waals surface area contributed by atoms with E-state index >= 15 is 0 Å². The summed E-state index contributed by atoms with van der Waals surface area (Å²) in [7, 11) is 1.66. The molecule has 19 heavy (non-hydrogen) atoms. The Hall–Kier alpha value is -1.62. The maximum Gasteiger partial charge on any atom is 0.320 e. The molecule has 0 spiro atoms. The van der Waals surface area contributed by atoms with Crippen LogP contribution in [0.4, 0.5) is 0 Å². The lowest BCUT2D eigenvalue weighted by molar-refractivity contribution is -0.139. The first-order valence-electron chi connectivity index (χ1n) is 6.50. The fourth-order valence-electron chi connectivity index (χ4n) is 2.69. The number of ether oxygens (including phenoxy) is 1. The van der Waals surface area contributed by atoms with E-state index in [2.05, 4.69) is 10.3 Å². The van der Waals surface area contributed by atoms with E-state index in [-0.39, 0.29) is 6.04 Å². The number of methoxy groups -OCH3 is 1. The second-order valence-corrected chi connectivity index (χ2v) is 5.08. The molecule has 0 radical (unpaired) electrons. The van der Waals surface area contributed by atoms with Crippen molar-refractivity contribution in [2.75, 3.05) is 7.11 Å². The number of rotatable bonds is 4. The molecule has 0 saturated carbocycles. The lowest BCUT2D eigenvalue weighted by Gasteiger charge is -2.16. The van der Waals surface area contributed by atoms with Gasteiger partial charge in [0.15, 0.2) is 0 Å². The Kier molecular flexibility index (Phi) is 4.04. The molecule has 5 nitrogen and oxygen atoms in total. The van der Waals surface area contributed by atoms with Crippen molar-refractivity contribution in [2.24, 2.45) is 0 Å². The summed E-state index contributed by atoms with van der Waals surface area (Å²) in [6, 6.07) is -0.239. The van der Waals surface area contributed by atoms with E-state index in [9.17, 15) is 4.79 Å². The molecule has 0 aromatic carbocycles. The predicted molar refractivity (Wildman–Crippen MR) is 71.5 cm³/mol. The van der Waals surface area contributed by atoms with Gasteiger partial charge in [-0.2, -0.15) is 0 Å². The van der Waals surface area contributed by atoms with Gasteiger partial charge in [-0.1, -0.05) is 0 Å². The summed E-state index contributed by atoms with van der Waals surface area (Å²) in [5.41, 5.74) is 3.04. The summed E-state index contributed by atoms with van der Waals surface area (Å²) in [5, 5.41) is 12.1. The molecule has 2 unspecified atom stereocenters. The van der Waals surface area contributed by atoms with Gasteiger partial charge in [-0.3, -0.25) is 9.78 Å². The van der Waals surface area contributed by atoms with E-state index < -0.39 is 12.0 Å². The zero-order valence-corrected chi connectivity index (χ0v) is 11.6. The number of carboxylic acid groups (broad SMARTS) is 1. The maximum atomic E-state index is 10.9. The monoisotopic (exact) mass is 264 g/mol. The maximum absolute atomic E-state index is 10.9. The van der Waals surface area contributed by atoms with Gasteiger partial charge >= 0.3 is 5.97 Å². The van der Waals surface area contributed by atoms with Crippen molar-refractivity contribution in [3.05, 3.63) is 23.0 Å². The molecule has 0 aliphatic carbocycles. The van der Waals surface area contributed by atoms with Crippen LogP contribution in [0, 0.1) is 13.8 Å². The average molecular weight is 264 g/mol. The van der Waals surface area contributed by atoms with Gasteiger partial charge in [-0.25, -0.2) is 0 Å². The third-order valence-corrected chi connectivity index (χ3v) is 3.73. The Morgan fingerprint density at radius 3 is 2.84 bits per heavy atom. The molecule has 2 rings (SSSR count). The number of pyridine rings is 1. The van der Waals surface area contributed by atoms with E-state index in [0.717, 1.165) is 35.4 Å². The van der Waals surface area contributed by atoms with Gasteiger partial charge in [-0.05, 0) is 26.7 Å². The van der Waals surface area contributed by atoms with E-state index in [1.165, 1.54) is 0 Å². The highest BCUT2D eigenvalue weighted by molar-refractivity contribution is 5.73. The van der Waals surface area contributed by atoms with E-state index in [4.69, 9.17) is 9.84 Å². The average Bonchev–Trinajstić information content (AvgIpc) is 2.82.